The monoisotopic (exact) mass is 284 g/mol. The highest BCUT2D eigenvalue weighted by atomic mass is 35.5. The molecule has 3 aromatic rings. The van der Waals surface area contributed by atoms with Gasteiger partial charge in [0.1, 0.15) is 6.07 Å². The zero-order valence-corrected chi connectivity index (χ0v) is 11.4. The predicted octanol–water partition coefficient (Wildman–Crippen LogP) is 5.17. The van der Waals surface area contributed by atoms with E-state index < -0.39 is 0 Å². The standard InChI is InChI=1S/C15H9ClN2S/c16-12-2-1-11(9-17)14(8-12)18-13-3-4-15-10(7-13)5-6-19-15/h1-8,18H. The maximum atomic E-state index is 9.09. The van der Waals surface area contributed by atoms with Gasteiger partial charge in [0, 0.05) is 15.4 Å². The summed E-state index contributed by atoms with van der Waals surface area (Å²) in [6, 6.07) is 15.6. The highest BCUT2D eigenvalue weighted by Crippen LogP contribution is 2.28. The summed E-state index contributed by atoms with van der Waals surface area (Å²) in [6.45, 7) is 0. The van der Waals surface area contributed by atoms with Gasteiger partial charge in [-0.3, -0.25) is 0 Å². The third-order valence-electron chi connectivity index (χ3n) is 2.83. The van der Waals surface area contributed by atoms with E-state index in [0.29, 0.717) is 10.6 Å². The van der Waals surface area contributed by atoms with Crippen molar-refractivity contribution < 1.29 is 0 Å². The van der Waals surface area contributed by atoms with Crippen molar-refractivity contribution in [3.8, 4) is 6.07 Å². The molecule has 0 aliphatic carbocycles. The largest absolute Gasteiger partial charge is 0.354 e. The molecule has 0 radical (unpaired) electrons. The zero-order valence-electron chi connectivity index (χ0n) is 9.85. The second-order valence-corrected chi connectivity index (χ2v) is 5.48. The molecule has 2 aromatic carbocycles. The van der Waals surface area contributed by atoms with E-state index in [9.17, 15) is 0 Å². The number of nitrogens with zero attached hydrogens (tertiary/aromatic N) is 1. The number of nitriles is 1. The van der Waals surface area contributed by atoms with Crippen LogP contribution in [0.2, 0.25) is 5.02 Å². The average Bonchev–Trinajstić information content (AvgIpc) is 2.86. The molecule has 0 atom stereocenters. The Labute approximate surface area is 119 Å². The maximum absolute atomic E-state index is 9.09. The van der Waals surface area contributed by atoms with E-state index in [0.717, 1.165) is 11.4 Å². The maximum Gasteiger partial charge on any atom is 0.101 e. The first kappa shape index (κ1) is 12.0. The number of hydrogen-bond donors (Lipinski definition) is 1. The summed E-state index contributed by atoms with van der Waals surface area (Å²) in [5, 5.41) is 16.2. The van der Waals surface area contributed by atoms with Crippen LogP contribution in [0.4, 0.5) is 11.4 Å². The highest BCUT2D eigenvalue weighted by molar-refractivity contribution is 7.17. The summed E-state index contributed by atoms with van der Waals surface area (Å²) in [7, 11) is 0. The molecule has 0 saturated carbocycles. The first-order valence-corrected chi connectivity index (χ1v) is 6.96. The van der Waals surface area contributed by atoms with Crippen molar-refractivity contribution in [2.75, 3.05) is 5.32 Å². The van der Waals surface area contributed by atoms with Crippen molar-refractivity contribution in [2.24, 2.45) is 0 Å². The summed E-state index contributed by atoms with van der Waals surface area (Å²) in [4.78, 5) is 0. The fourth-order valence-corrected chi connectivity index (χ4v) is 2.86. The normalized spacial score (nSPS) is 10.3. The second-order valence-electron chi connectivity index (χ2n) is 4.10. The van der Waals surface area contributed by atoms with Gasteiger partial charge in [0.25, 0.3) is 0 Å². The first-order valence-electron chi connectivity index (χ1n) is 5.70. The summed E-state index contributed by atoms with van der Waals surface area (Å²) in [6.07, 6.45) is 0. The number of anilines is 2. The molecule has 0 spiro atoms. The van der Waals surface area contributed by atoms with E-state index in [1.165, 1.54) is 10.1 Å². The minimum Gasteiger partial charge on any atom is -0.354 e. The van der Waals surface area contributed by atoms with Crippen LogP contribution in [0.3, 0.4) is 0 Å². The lowest BCUT2D eigenvalue weighted by Gasteiger charge is -2.08. The fourth-order valence-electron chi connectivity index (χ4n) is 1.92. The Balaban J connectivity index is 2.00. The Bertz CT molecular complexity index is 786. The summed E-state index contributed by atoms with van der Waals surface area (Å²) in [5.74, 6) is 0. The van der Waals surface area contributed by atoms with Crippen molar-refractivity contribution >= 4 is 44.4 Å². The van der Waals surface area contributed by atoms with Crippen molar-refractivity contribution in [3.63, 3.8) is 0 Å². The minimum atomic E-state index is 0.579. The predicted molar refractivity (Wildman–Crippen MR) is 81.3 cm³/mol. The quantitative estimate of drug-likeness (QED) is 0.704. The van der Waals surface area contributed by atoms with E-state index in [-0.39, 0.29) is 0 Å². The summed E-state index contributed by atoms with van der Waals surface area (Å²) < 4.78 is 1.25. The van der Waals surface area contributed by atoms with Gasteiger partial charge in [0.2, 0.25) is 0 Å². The van der Waals surface area contributed by atoms with E-state index >= 15 is 0 Å². The second kappa shape index (κ2) is 4.93. The van der Waals surface area contributed by atoms with Gasteiger partial charge >= 0.3 is 0 Å². The van der Waals surface area contributed by atoms with Crippen LogP contribution in [-0.2, 0) is 0 Å². The molecule has 4 heteroatoms. The Kier molecular flexibility index (Phi) is 3.12. The van der Waals surface area contributed by atoms with Crippen LogP contribution in [0.1, 0.15) is 5.56 Å². The van der Waals surface area contributed by atoms with Crippen LogP contribution >= 0.6 is 22.9 Å². The summed E-state index contributed by atoms with van der Waals surface area (Å²) >= 11 is 7.68. The molecule has 0 saturated heterocycles. The first-order chi connectivity index (χ1) is 9.26. The van der Waals surface area contributed by atoms with Crippen LogP contribution in [0.5, 0.6) is 0 Å². The van der Waals surface area contributed by atoms with Crippen molar-refractivity contribution in [1.82, 2.24) is 0 Å². The number of nitrogens with one attached hydrogen (secondary N) is 1. The SMILES string of the molecule is N#Cc1ccc(Cl)cc1Nc1ccc2sccc2c1. The van der Waals surface area contributed by atoms with Gasteiger partial charge in [-0.2, -0.15) is 5.26 Å². The number of fused-ring (bicyclic) bond motifs is 1. The molecule has 92 valence electrons. The average molecular weight is 285 g/mol. The van der Waals surface area contributed by atoms with Crippen molar-refractivity contribution in [3.05, 3.63) is 58.4 Å². The van der Waals surface area contributed by atoms with Crippen LogP contribution in [0.25, 0.3) is 10.1 Å². The Morgan fingerprint density at radius 1 is 1.11 bits per heavy atom. The number of rotatable bonds is 2. The molecule has 0 aliphatic rings. The number of thiophene rings is 1. The smallest absolute Gasteiger partial charge is 0.101 e. The lowest BCUT2D eigenvalue weighted by Crippen LogP contribution is -1.93. The van der Waals surface area contributed by atoms with Crippen molar-refractivity contribution in [1.29, 1.82) is 5.26 Å². The van der Waals surface area contributed by atoms with E-state index in [1.54, 1.807) is 29.5 Å². The van der Waals surface area contributed by atoms with Gasteiger partial charge in [-0.15, -0.1) is 11.3 Å². The molecule has 1 N–H and O–H groups in total. The number of halogens is 1. The lowest BCUT2D eigenvalue weighted by atomic mass is 10.1. The minimum absolute atomic E-state index is 0.579. The zero-order chi connectivity index (χ0) is 13.2. The highest BCUT2D eigenvalue weighted by Gasteiger charge is 2.04. The Hall–Kier alpha value is -2.02. The van der Waals surface area contributed by atoms with Gasteiger partial charge < -0.3 is 5.32 Å². The molecule has 19 heavy (non-hydrogen) atoms. The van der Waals surface area contributed by atoms with Crippen LogP contribution in [-0.4, -0.2) is 0 Å². The summed E-state index contributed by atoms with van der Waals surface area (Å²) in [5.41, 5.74) is 2.25. The number of benzene rings is 2. The van der Waals surface area contributed by atoms with Gasteiger partial charge in [-0.05, 0) is 53.2 Å². The van der Waals surface area contributed by atoms with Crippen LogP contribution in [0, 0.1) is 11.3 Å². The van der Waals surface area contributed by atoms with Crippen molar-refractivity contribution in [2.45, 2.75) is 0 Å². The Morgan fingerprint density at radius 2 is 2.00 bits per heavy atom. The lowest BCUT2D eigenvalue weighted by molar-refractivity contribution is 1.46. The third-order valence-corrected chi connectivity index (χ3v) is 3.97. The van der Waals surface area contributed by atoms with Gasteiger partial charge in [0.05, 0.1) is 11.3 Å². The molecular weight excluding hydrogens is 276 g/mol. The molecule has 0 aliphatic heterocycles. The molecule has 3 rings (SSSR count). The topological polar surface area (TPSA) is 35.8 Å². The van der Waals surface area contributed by atoms with Gasteiger partial charge in [-0.25, -0.2) is 0 Å². The molecule has 1 heterocycles. The van der Waals surface area contributed by atoms with E-state index in [2.05, 4.69) is 35.0 Å². The van der Waals surface area contributed by atoms with Gasteiger partial charge in [0.15, 0.2) is 0 Å². The van der Waals surface area contributed by atoms with Crippen LogP contribution in [0.15, 0.2) is 47.8 Å². The fraction of sp³-hybridized carbons (Fsp3) is 0. The molecular formula is C15H9ClN2S. The molecule has 0 amide bonds. The molecule has 0 unspecified atom stereocenters. The number of hydrogen-bond acceptors (Lipinski definition) is 3. The molecule has 0 bridgehead atoms. The van der Waals surface area contributed by atoms with E-state index in [1.807, 2.05) is 6.07 Å². The Morgan fingerprint density at radius 3 is 2.84 bits per heavy atom. The van der Waals surface area contributed by atoms with Crippen LogP contribution < -0.4 is 5.32 Å². The molecule has 1 aromatic heterocycles. The molecule has 0 fully saturated rings. The molecule has 2 nitrogen and oxygen atoms in total. The van der Waals surface area contributed by atoms with Gasteiger partial charge in [-0.1, -0.05) is 11.6 Å². The van der Waals surface area contributed by atoms with E-state index in [4.69, 9.17) is 16.9 Å². The third kappa shape index (κ3) is 2.41.